The maximum atomic E-state index is 12.8. The molecule has 8 heteroatoms. The number of hydrogen-bond acceptors (Lipinski definition) is 7. The molecule has 0 aliphatic carbocycles. The zero-order chi connectivity index (χ0) is 17.9. The summed E-state index contributed by atoms with van der Waals surface area (Å²) < 4.78 is 28.8. The summed E-state index contributed by atoms with van der Waals surface area (Å²) in [7, 11) is -0.890. The van der Waals surface area contributed by atoms with Gasteiger partial charge < -0.3 is 18.8 Å². The third-order valence-electron chi connectivity index (χ3n) is 3.66. The van der Waals surface area contributed by atoms with Crippen molar-refractivity contribution in [3.8, 4) is 10.8 Å². The average Bonchev–Trinajstić information content (AvgIpc) is 3.30. The Morgan fingerprint density at radius 1 is 1.20 bits per heavy atom. The van der Waals surface area contributed by atoms with Gasteiger partial charge in [-0.3, -0.25) is 4.57 Å². The van der Waals surface area contributed by atoms with Crippen molar-refractivity contribution in [2.75, 3.05) is 19.5 Å². The lowest BCUT2D eigenvalue weighted by Crippen LogP contribution is -2.14. The third-order valence-corrected chi connectivity index (χ3v) is 6.30. The van der Waals surface area contributed by atoms with Gasteiger partial charge in [0.15, 0.2) is 0 Å². The number of thiophene rings is 1. The van der Waals surface area contributed by atoms with Crippen LogP contribution in [-0.4, -0.2) is 19.2 Å². The van der Waals surface area contributed by atoms with Crippen LogP contribution in [0.4, 0.5) is 5.88 Å². The number of aryl methyl sites for hydroxylation is 1. The van der Waals surface area contributed by atoms with E-state index in [1.54, 1.807) is 0 Å². The maximum absolute atomic E-state index is 12.8. The van der Waals surface area contributed by atoms with Gasteiger partial charge in [-0.25, -0.2) is 0 Å². The van der Waals surface area contributed by atoms with Crippen molar-refractivity contribution in [3.63, 3.8) is 0 Å². The second kappa shape index (κ2) is 7.54. The fourth-order valence-electron chi connectivity index (χ4n) is 2.25. The molecule has 132 valence electrons. The largest absolute Gasteiger partial charge is 0.419 e. The summed E-state index contributed by atoms with van der Waals surface area (Å²) in [5, 5.41) is 5.07. The molecular weight excluding hydrogens is 359 g/mol. The van der Waals surface area contributed by atoms with Crippen molar-refractivity contribution in [1.82, 2.24) is 4.98 Å². The summed E-state index contributed by atoms with van der Waals surface area (Å²) in [5.41, 5.74) is 2.40. The highest BCUT2D eigenvalue weighted by Crippen LogP contribution is 2.47. The number of nitrogens with zero attached hydrogens (tertiary/aromatic N) is 1. The minimum Gasteiger partial charge on any atom is -0.419 e. The molecule has 0 saturated carbocycles. The Morgan fingerprint density at radius 3 is 2.52 bits per heavy atom. The van der Waals surface area contributed by atoms with Gasteiger partial charge in [-0.15, -0.1) is 11.3 Å². The fourth-order valence-corrected chi connectivity index (χ4v) is 3.98. The fraction of sp³-hybridized carbons (Fsp3) is 0.235. The highest BCUT2D eigenvalue weighted by Gasteiger charge is 2.34. The Balaban J connectivity index is 1.93. The van der Waals surface area contributed by atoms with Crippen molar-refractivity contribution < 1.29 is 18.0 Å². The number of anilines is 1. The van der Waals surface area contributed by atoms with Crippen LogP contribution in [0.1, 0.15) is 11.1 Å². The van der Waals surface area contributed by atoms with E-state index in [2.05, 4.69) is 10.3 Å². The molecule has 3 rings (SSSR count). The van der Waals surface area contributed by atoms with E-state index < -0.39 is 7.60 Å². The van der Waals surface area contributed by atoms with Gasteiger partial charge in [-0.05, 0) is 23.9 Å². The van der Waals surface area contributed by atoms with Crippen LogP contribution in [-0.2, 0) is 20.2 Å². The Labute approximate surface area is 150 Å². The van der Waals surface area contributed by atoms with Crippen LogP contribution in [0.2, 0.25) is 0 Å². The lowest BCUT2D eigenvalue weighted by Gasteiger charge is -2.12. The molecule has 0 aliphatic heterocycles. The minimum absolute atomic E-state index is 0.146. The topological polar surface area (TPSA) is 73.6 Å². The number of aromatic nitrogens is 1. The van der Waals surface area contributed by atoms with Gasteiger partial charge in [0.2, 0.25) is 17.2 Å². The Bertz CT molecular complexity index is 867. The first-order valence-electron chi connectivity index (χ1n) is 7.62. The predicted octanol–water partition coefficient (Wildman–Crippen LogP) is 4.43. The van der Waals surface area contributed by atoms with Crippen molar-refractivity contribution >= 4 is 30.3 Å². The van der Waals surface area contributed by atoms with Crippen molar-refractivity contribution in [3.05, 3.63) is 52.9 Å². The lowest BCUT2D eigenvalue weighted by molar-refractivity contribution is 0.286. The van der Waals surface area contributed by atoms with Gasteiger partial charge in [0.25, 0.3) is 0 Å². The number of hydrogen-bond donors (Lipinski definition) is 1. The molecule has 1 N–H and O–H groups in total. The van der Waals surface area contributed by atoms with E-state index in [1.807, 2.05) is 48.7 Å². The molecule has 0 saturated heterocycles. The number of benzene rings is 1. The van der Waals surface area contributed by atoms with Crippen molar-refractivity contribution in [2.45, 2.75) is 13.5 Å². The van der Waals surface area contributed by atoms with Crippen molar-refractivity contribution in [2.24, 2.45) is 0 Å². The minimum atomic E-state index is -3.54. The molecule has 0 unspecified atom stereocenters. The smallest absolute Gasteiger partial charge is 0.384 e. The maximum Gasteiger partial charge on any atom is 0.384 e. The van der Waals surface area contributed by atoms with Gasteiger partial charge >= 0.3 is 7.60 Å². The van der Waals surface area contributed by atoms with Gasteiger partial charge in [0.05, 0.1) is 4.88 Å². The monoisotopic (exact) mass is 378 g/mol. The van der Waals surface area contributed by atoms with Gasteiger partial charge in [-0.2, -0.15) is 4.98 Å². The summed E-state index contributed by atoms with van der Waals surface area (Å²) in [6.45, 7) is 2.53. The summed E-state index contributed by atoms with van der Waals surface area (Å²) in [4.78, 5) is 5.20. The molecule has 0 amide bonds. The molecule has 0 fully saturated rings. The van der Waals surface area contributed by atoms with Crippen LogP contribution in [0.5, 0.6) is 0 Å². The second-order valence-corrected chi connectivity index (χ2v) is 8.45. The Kier molecular flexibility index (Phi) is 5.39. The molecule has 3 aromatic rings. The van der Waals surface area contributed by atoms with E-state index >= 15 is 0 Å². The first kappa shape index (κ1) is 17.9. The highest BCUT2D eigenvalue weighted by molar-refractivity contribution is 7.62. The molecule has 6 nitrogen and oxygen atoms in total. The van der Waals surface area contributed by atoms with Crippen LogP contribution >= 0.6 is 18.9 Å². The van der Waals surface area contributed by atoms with E-state index in [0.29, 0.717) is 12.4 Å². The normalized spacial score (nSPS) is 11.6. The van der Waals surface area contributed by atoms with Crippen LogP contribution in [0.3, 0.4) is 0 Å². The zero-order valence-electron chi connectivity index (χ0n) is 14.2. The lowest BCUT2D eigenvalue weighted by atomic mass is 10.1. The van der Waals surface area contributed by atoms with Crippen molar-refractivity contribution in [1.29, 1.82) is 0 Å². The standard InChI is InChI=1S/C17H19N2O4PS/c1-12-6-8-13(9-7-12)11-18-16-17(24(20,21-2)22-3)19-15(23-16)14-5-4-10-25-14/h4-10,18H,11H2,1-3H3. The molecule has 2 aromatic heterocycles. The first-order valence-corrected chi connectivity index (χ1v) is 10.0. The molecule has 0 aliphatic rings. The molecule has 0 atom stereocenters. The highest BCUT2D eigenvalue weighted by atomic mass is 32.1. The van der Waals surface area contributed by atoms with Gasteiger partial charge in [0, 0.05) is 20.8 Å². The number of rotatable bonds is 7. The molecule has 1 aromatic carbocycles. The third kappa shape index (κ3) is 3.85. The molecule has 0 bridgehead atoms. The summed E-state index contributed by atoms with van der Waals surface area (Å²) in [6.07, 6.45) is 0. The Morgan fingerprint density at radius 2 is 1.92 bits per heavy atom. The van der Waals surface area contributed by atoms with E-state index in [9.17, 15) is 4.57 Å². The van der Waals surface area contributed by atoms with Crippen LogP contribution in [0, 0.1) is 6.92 Å². The van der Waals surface area contributed by atoms with Gasteiger partial charge in [-0.1, -0.05) is 35.9 Å². The quantitative estimate of drug-likeness (QED) is 0.613. The summed E-state index contributed by atoms with van der Waals surface area (Å²) >= 11 is 1.48. The number of nitrogens with one attached hydrogen (secondary N) is 1. The van der Waals surface area contributed by atoms with E-state index in [0.717, 1.165) is 10.4 Å². The SMILES string of the molecule is COP(=O)(OC)c1nc(-c2cccs2)oc1NCc1ccc(C)cc1. The van der Waals surface area contributed by atoms with E-state index in [1.165, 1.54) is 31.1 Å². The predicted molar refractivity (Wildman–Crippen MR) is 99.6 cm³/mol. The molecule has 0 spiro atoms. The van der Waals surface area contributed by atoms with Gasteiger partial charge in [0.1, 0.15) is 0 Å². The molecule has 2 heterocycles. The first-order chi connectivity index (χ1) is 12.1. The number of oxazole rings is 1. The Hall–Kier alpha value is -1.92. The second-order valence-electron chi connectivity index (χ2n) is 5.35. The molecule has 25 heavy (non-hydrogen) atoms. The van der Waals surface area contributed by atoms with E-state index in [4.69, 9.17) is 13.5 Å². The average molecular weight is 378 g/mol. The van der Waals surface area contributed by atoms with Crippen LogP contribution in [0.15, 0.2) is 46.2 Å². The molecule has 0 radical (unpaired) electrons. The zero-order valence-corrected chi connectivity index (χ0v) is 15.9. The molecular formula is C17H19N2O4PS. The van der Waals surface area contributed by atoms with Crippen LogP contribution in [0.25, 0.3) is 10.8 Å². The summed E-state index contributed by atoms with van der Waals surface area (Å²) in [5.74, 6) is 0.668. The summed E-state index contributed by atoms with van der Waals surface area (Å²) in [6, 6.07) is 11.9. The van der Waals surface area contributed by atoms with E-state index in [-0.39, 0.29) is 11.3 Å². The van der Waals surface area contributed by atoms with Crippen LogP contribution < -0.4 is 10.8 Å².